The highest BCUT2D eigenvalue weighted by Crippen LogP contribution is 2.30. The van der Waals surface area contributed by atoms with Gasteiger partial charge in [-0.25, -0.2) is 0 Å². The maximum atomic E-state index is 11.9. The highest BCUT2D eigenvalue weighted by atomic mass is 16.6. The van der Waals surface area contributed by atoms with Crippen molar-refractivity contribution in [1.29, 1.82) is 0 Å². The quantitative estimate of drug-likeness (QED) is 0.666. The molecule has 7 nitrogen and oxygen atoms in total. The van der Waals surface area contributed by atoms with Crippen molar-refractivity contribution >= 4 is 17.3 Å². The Morgan fingerprint density at radius 1 is 1.33 bits per heavy atom. The number of carbonyl (C=O) groups is 1. The van der Waals surface area contributed by atoms with Crippen LogP contribution in [0.5, 0.6) is 0 Å². The third kappa shape index (κ3) is 3.49. The number of rotatable bonds is 3. The first-order valence-corrected chi connectivity index (χ1v) is 6.96. The van der Waals surface area contributed by atoms with Crippen LogP contribution in [0.15, 0.2) is 18.2 Å². The average Bonchev–Trinajstić information content (AvgIpc) is 2.74. The minimum atomic E-state index is -0.417. The van der Waals surface area contributed by atoms with Gasteiger partial charge in [-0.05, 0) is 25.1 Å². The van der Waals surface area contributed by atoms with E-state index in [4.69, 9.17) is 0 Å². The summed E-state index contributed by atoms with van der Waals surface area (Å²) in [6, 6.07) is 4.71. The molecule has 0 saturated carbocycles. The van der Waals surface area contributed by atoms with E-state index in [2.05, 4.69) is 5.32 Å². The SMILES string of the molecule is CN(C)C(=O)c1ccc(N2CCCNCC2)c([N+](=O)[O-])c1. The zero-order valence-corrected chi connectivity index (χ0v) is 12.3. The number of amides is 1. The van der Waals surface area contributed by atoms with Gasteiger partial charge in [0.05, 0.1) is 4.92 Å². The first kappa shape index (κ1) is 15.2. The lowest BCUT2D eigenvalue weighted by Gasteiger charge is -2.22. The van der Waals surface area contributed by atoms with Crippen LogP contribution in [-0.4, -0.2) is 56.0 Å². The molecule has 114 valence electrons. The van der Waals surface area contributed by atoms with Crippen LogP contribution in [0.4, 0.5) is 11.4 Å². The van der Waals surface area contributed by atoms with E-state index >= 15 is 0 Å². The van der Waals surface area contributed by atoms with Crippen LogP contribution in [0.1, 0.15) is 16.8 Å². The molecule has 1 aromatic carbocycles. The van der Waals surface area contributed by atoms with Gasteiger partial charge in [-0.2, -0.15) is 0 Å². The standard InChI is InChI=1S/C14H20N4O3/c1-16(2)14(19)11-4-5-12(13(10-11)18(20)21)17-8-3-6-15-7-9-17/h4-5,10,15H,3,6-9H2,1-2H3. The summed E-state index contributed by atoms with van der Waals surface area (Å²) < 4.78 is 0. The molecule has 0 aliphatic carbocycles. The second kappa shape index (κ2) is 6.53. The summed E-state index contributed by atoms with van der Waals surface area (Å²) in [5.74, 6) is -0.234. The number of anilines is 1. The van der Waals surface area contributed by atoms with Gasteiger partial charge >= 0.3 is 0 Å². The summed E-state index contributed by atoms with van der Waals surface area (Å²) >= 11 is 0. The van der Waals surface area contributed by atoms with Gasteiger partial charge < -0.3 is 15.1 Å². The van der Waals surface area contributed by atoms with Crippen molar-refractivity contribution in [2.24, 2.45) is 0 Å². The van der Waals surface area contributed by atoms with E-state index in [9.17, 15) is 14.9 Å². The molecule has 1 aromatic rings. The molecule has 0 bridgehead atoms. The largest absolute Gasteiger partial charge is 0.365 e. The minimum Gasteiger partial charge on any atom is -0.365 e. The molecule has 1 heterocycles. The molecule has 0 aromatic heterocycles. The molecule has 1 aliphatic heterocycles. The molecule has 0 radical (unpaired) electrons. The summed E-state index contributed by atoms with van der Waals surface area (Å²) in [6.07, 6.45) is 0.940. The summed E-state index contributed by atoms with van der Waals surface area (Å²) in [6.45, 7) is 3.22. The summed E-state index contributed by atoms with van der Waals surface area (Å²) in [4.78, 5) is 26.3. The summed E-state index contributed by atoms with van der Waals surface area (Å²) in [5.41, 5.74) is 0.909. The van der Waals surface area contributed by atoms with Crippen molar-refractivity contribution in [2.45, 2.75) is 6.42 Å². The van der Waals surface area contributed by atoms with Crippen molar-refractivity contribution in [3.63, 3.8) is 0 Å². The summed E-state index contributed by atoms with van der Waals surface area (Å²) in [7, 11) is 3.26. The molecule has 1 saturated heterocycles. The molecule has 0 unspecified atom stereocenters. The Balaban J connectivity index is 2.37. The zero-order valence-electron chi connectivity index (χ0n) is 12.3. The number of nitro benzene ring substituents is 1. The molecule has 2 rings (SSSR count). The maximum Gasteiger partial charge on any atom is 0.293 e. The Morgan fingerprint density at radius 2 is 2.10 bits per heavy atom. The maximum absolute atomic E-state index is 11.9. The third-order valence-corrected chi connectivity index (χ3v) is 3.51. The highest BCUT2D eigenvalue weighted by Gasteiger charge is 2.22. The van der Waals surface area contributed by atoms with E-state index in [1.165, 1.54) is 11.0 Å². The smallest absolute Gasteiger partial charge is 0.293 e. The van der Waals surface area contributed by atoms with E-state index in [0.717, 1.165) is 32.6 Å². The van der Waals surface area contributed by atoms with Crippen LogP contribution >= 0.6 is 0 Å². The molecule has 0 spiro atoms. The highest BCUT2D eigenvalue weighted by molar-refractivity contribution is 5.95. The number of nitrogens with zero attached hydrogens (tertiary/aromatic N) is 3. The second-order valence-electron chi connectivity index (χ2n) is 5.25. The van der Waals surface area contributed by atoms with Crippen LogP contribution in [0.2, 0.25) is 0 Å². The lowest BCUT2D eigenvalue weighted by Crippen LogP contribution is -2.28. The number of nitro groups is 1. The molecule has 1 fully saturated rings. The minimum absolute atomic E-state index is 0.00963. The van der Waals surface area contributed by atoms with Crippen LogP contribution in [-0.2, 0) is 0 Å². The van der Waals surface area contributed by atoms with Crippen molar-refractivity contribution in [2.75, 3.05) is 45.2 Å². The van der Waals surface area contributed by atoms with Gasteiger partial charge in [0, 0.05) is 45.4 Å². The van der Waals surface area contributed by atoms with Gasteiger partial charge in [0.15, 0.2) is 0 Å². The van der Waals surface area contributed by atoms with Crippen LogP contribution < -0.4 is 10.2 Å². The van der Waals surface area contributed by atoms with Gasteiger partial charge in [-0.3, -0.25) is 14.9 Å². The second-order valence-corrected chi connectivity index (χ2v) is 5.25. The fourth-order valence-corrected chi connectivity index (χ4v) is 2.41. The zero-order chi connectivity index (χ0) is 15.4. The molecule has 7 heteroatoms. The van der Waals surface area contributed by atoms with E-state index in [0.29, 0.717) is 11.3 Å². The molecular weight excluding hydrogens is 272 g/mol. The fraction of sp³-hybridized carbons (Fsp3) is 0.500. The first-order valence-electron chi connectivity index (χ1n) is 6.96. The van der Waals surface area contributed by atoms with Gasteiger partial charge in [0.1, 0.15) is 5.69 Å². The Morgan fingerprint density at radius 3 is 2.76 bits per heavy atom. The van der Waals surface area contributed by atoms with Crippen molar-refractivity contribution < 1.29 is 9.72 Å². The van der Waals surface area contributed by atoms with E-state index in [1.54, 1.807) is 26.2 Å². The van der Waals surface area contributed by atoms with E-state index in [1.807, 2.05) is 4.90 Å². The lowest BCUT2D eigenvalue weighted by atomic mass is 10.1. The first-order chi connectivity index (χ1) is 10.0. The van der Waals surface area contributed by atoms with Crippen LogP contribution in [0, 0.1) is 10.1 Å². The Bertz CT molecular complexity index is 537. The average molecular weight is 292 g/mol. The number of carbonyl (C=O) groups excluding carboxylic acids is 1. The molecule has 0 atom stereocenters. The number of hydrogen-bond donors (Lipinski definition) is 1. The van der Waals surface area contributed by atoms with Gasteiger partial charge in [0.2, 0.25) is 0 Å². The van der Waals surface area contributed by atoms with Crippen LogP contribution in [0.25, 0.3) is 0 Å². The monoisotopic (exact) mass is 292 g/mol. The lowest BCUT2D eigenvalue weighted by molar-refractivity contribution is -0.384. The molecular formula is C14H20N4O3. The van der Waals surface area contributed by atoms with Crippen molar-refractivity contribution in [3.05, 3.63) is 33.9 Å². The molecule has 1 aliphatic rings. The summed E-state index contributed by atoms with van der Waals surface area (Å²) in [5, 5.41) is 14.6. The van der Waals surface area contributed by atoms with Crippen molar-refractivity contribution in [1.82, 2.24) is 10.2 Å². The fourth-order valence-electron chi connectivity index (χ4n) is 2.41. The number of hydrogen-bond acceptors (Lipinski definition) is 5. The Labute approximate surface area is 123 Å². The normalized spacial score (nSPS) is 15.4. The van der Waals surface area contributed by atoms with Gasteiger partial charge in [0.25, 0.3) is 11.6 Å². The van der Waals surface area contributed by atoms with Gasteiger partial charge in [-0.15, -0.1) is 0 Å². The Kier molecular flexibility index (Phi) is 4.74. The predicted molar refractivity (Wildman–Crippen MR) is 80.8 cm³/mol. The topological polar surface area (TPSA) is 78.7 Å². The molecule has 1 N–H and O–H groups in total. The predicted octanol–water partition coefficient (Wildman–Crippen LogP) is 1.10. The van der Waals surface area contributed by atoms with Gasteiger partial charge in [-0.1, -0.05) is 0 Å². The van der Waals surface area contributed by atoms with E-state index in [-0.39, 0.29) is 11.6 Å². The third-order valence-electron chi connectivity index (χ3n) is 3.51. The van der Waals surface area contributed by atoms with Crippen LogP contribution in [0.3, 0.4) is 0 Å². The molecule has 1 amide bonds. The van der Waals surface area contributed by atoms with Crippen molar-refractivity contribution in [3.8, 4) is 0 Å². The molecule has 21 heavy (non-hydrogen) atoms. The Hall–Kier alpha value is -2.15. The number of benzene rings is 1. The number of nitrogens with one attached hydrogen (secondary N) is 1. The van der Waals surface area contributed by atoms with E-state index < -0.39 is 4.92 Å².